The van der Waals surface area contributed by atoms with E-state index in [0.717, 1.165) is 24.1 Å². The van der Waals surface area contributed by atoms with Crippen molar-refractivity contribution >= 4 is 34.4 Å². The highest BCUT2D eigenvalue weighted by Crippen LogP contribution is 2.36. The van der Waals surface area contributed by atoms with Gasteiger partial charge in [0, 0.05) is 18.0 Å². The molecule has 3 heterocycles. The van der Waals surface area contributed by atoms with Crippen LogP contribution in [0.4, 0.5) is 5.69 Å². The summed E-state index contributed by atoms with van der Waals surface area (Å²) < 4.78 is 5.43. The van der Waals surface area contributed by atoms with Gasteiger partial charge >= 0.3 is 0 Å². The number of nitrogens with zero attached hydrogens (tertiary/aromatic N) is 2. The average Bonchev–Trinajstić information content (AvgIpc) is 3.34. The second kappa shape index (κ2) is 8.29. The Labute approximate surface area is 169 Å². The molecule has 0 atom stereocenters. The Morgan fingerprint density at radius 2 is 1.79 bits per heavy atom. The Bertz CT molecular complexity index is 881. The minimum atomic E-state index is -0.241. The van der Waals surface area contributed by atoms with E-state index in [2.05, 4.69) is 6.92 Å². The van der Waals surface area contributed by atoms with Gasteiger partial charge in [0.15, 0.2) is 0 Å². The Balaban J connectivity index is 1.68. The number of amides is 2. The van der Waals surface area contributed by atoms with E-state index in [1.54, 1.807) is 0 Å². The van der Waals surface area contributed by atoms with Crippen LogP contribution in [0.15, 0.2) is 47.5 Å². The van der Waals surface area contributed by atoms with Crippen LogP contribution in [-0.4, -0.2) is 43.0 Å². The number of thiophene rings is 1. The summed E-state index contributed by atoms with van der Waals surface area (Å²) in [5.74, 6) is -0.480. The Hall–Kier alpha value is -2.44. The summed E-state index contributed by atoms with van der Waals surface area (Å²) in [4.78, 5) is 30.8. The number of hydrogen-bond donors (Lipinski definition) is 0. The monoisotopic (exact) mass is 396 g/mol. The molecule has 1 fully saturated rings. The van der Waals surface area contributed by atoms with Crippen LogP contribution in [0, 0.1) is 0 Å². The van der Waals surface area contributed by atoms with Gasteiger partial charge in [-0.15, -0.1) is 11.3 Å². The van der Waals surface area contributed by atoms with E-state index >= 15 is 0 Å². The van der Waals surface area contributed by atoms with Gasteiger partial charge in [0.1, 0.15) is 5.70 Å². The molecule has 0 N–H and O–H groups in total. The van der Waals surface area contributed by atoms with Crippen LogP contribution in [0.1, 0.15) is 30.2 Å². The number of anilines is 1. The first-order valence-corrected chi connectivity index (χ1v) is 10.7. The quantitative estimate of drug-likeness (QED) is 0.699. The predicted molar refractivity (Wildman–Crippen MR) is 111 cm³/mol. The number of ether oxygens (including phenoxy) is 1. The van der Waals surface area contributed by atoms with E-state index in [-0.39, 0.29) is 11.8 Å². The fourth-order valence-electron chi connectivity index (χ4n) is 3.67. The van der Waals surface area contributed by atoms with Gasteiger partial charge in [-0.2, -0.15) is 0 Å². The van der Waals surface area contributed by atoms with Crippen LogP contribution in [0.5, 0.6) is 0 Å². The molecule has 0 unspecified atom stereocenters. The molecule has 0 spiro atoms. The maximum absolute atomic E-state index is 13.3. The minimum Gasteiger partial charge on any atom is -0.378 e. The maximum Gasteiger partial charge on any atom is 0.282 e. The van der Waals surface area contributed by atoms with Crippen LogP contribution < -0.4 is 4.90 Å². The molecule has 1 aromatic heterocycles. The van der Waals surface area contributed by atoms with Crippen LogP contribution >= 0.6 is 11.3 Å². The van der Waals surface area contributed by atoms with Gasteiger partial charge in [-0.05, 0) is 42.0 Å². The number of aryl methyl sites for hydroxylation is 1. The summed E-state index contributed by atoms with van der Waals surface area (Å²) in [6.07, 6.45) is 3.28. The fraction of sp³-hybridized carbons (Fsp3) is 0.364. The zero-order valence-corrected chi connectivity index (χ0v) is 16.8. The number of rotatable bonds is 6. The van der Waals surface area contributed by atoms with Crippen LogP contribution in [0.3, 0.4) is 0 Å². The van der Waals surface area contributed by atoms with Gasteiger partial charge in [0.2, 0.25) is 0 Å². The molecule has 6 heteroatoms. The normalized spacial score (nSPS) is 17.8. The lowest BCUT2D eigenvalue weighted by atomic mass is 10.1. The first kappa shape index (κ1) is 18.9. The fourth-order valence-corrected chi connectivity index (χ4v) is 4.43. The number of imide groups is 1. The summed E-state index contributed by atoms with van der Waals surface area (Å²) in [6.45, 7) is 4.53. The van der Waals surface area contributed by atoms with E-state index in [0.29, 0.717) is 43.3 Å². The predicted octanol–water partition coefficient (Wildman–Crippen LogP) is 3.71. The molecule has 0 saturated carbocycles. The highest BCUT2D eigenvalue weighted by atomic mass is 32.1. The highest BCUT2D eigenvalue weighted by molar-refractivity contribution is 7.11. The molecule has 146 valence electrons. The highest BCUT2D eigenvalue weighted by Gasteiger charge is 2.43. The van der Waals surface area contributed by atoms with Crippen LogP contribution in [-0.2, 0) is 20.7 Å². The Morgan fingerprint density at radius 1 is 1.04 bits per heavy atom. The number of morpholine rings is 1. The van der Waals surface area contributed by atoms with Gasteiger partial charge in [-0.25, -0.2) is 4.90 Å². The average molecular weight is 397 g/mol. The van der Waals surface area contributed by atoms with Crippen molar-refractivity contribution in [3.05, 3.63) is 57.9 Å². The molecule has 0 radical (unpaired) electrons. The zero-order valence-electron chi connectivity index (χ0n) is 16.0. The number of carbonyl (C=O) groups excluding carboxylic acids is 2. The molecule has 2 aromatic rings. The second-order valence-electron chi connectivity index (χ2n) is 7.02. The van der Waals surface area contributed by atoms with E-state index in [1.807, 2.05) is 46.7 Å². The summed E-state index contributed by atoms with van der Waals surface area (Å²) in [7, 11) is 0. The minimum absolute atomic E-state index is 0.239. The molecule has 4 rings (SSSR count). The van der Waals surface area contributed by atoms with E-state index < -0.39 is 0 Å². The summed E-state index contributed by atoms with van der Waals surface area (Å²) in [5, 5.41) is 1.93. The lowest BCUT2D eigenvalue weighted by Gasteiger charge is -2.29. The molecule has 2 aliphatic rings. The number of unbranched alkanes of at least 4 members (excludes halogenated alkanes) is 1. The molecule has 5 nitrogen and oxygen atoms in total. The van der Waals surface area contributed by atoms with Crippen molar-refractivity contribution in [3.63, 3.8) is 0 Å². The van der Waals surface area contributed by atoms with E-state index in [1.165, 1.54) is 21.8 Å². The third-order valence-corrected chi connectivity index (χ3v) is 6.06. The van der Waals surface area contributed by atoms with Crippen molar-refractivity contribution in [2.45, 2.75) is 26.2 Å². The van der Waals surface area contributed by atoms with Gasteiger partial charge in [-0.1, -0.05) is 31.5 Å². The van der Waals surface area contributed by atoms with E-state index in [9.17, 15) is 9.59 Å². The second-order valence-corrected chi connectivity index (χ2v) is 7.96. The SMILES string of the molecule is CCCCc1ccc(N2C(=O)C(c3cccs3)=C(N3CCOCC3)C2=O)cc1. The van der Waals surface area contributed by atoms with Crippen LogP contribution in [0.25, 0.3) is 5.57 Å². The smallest absolute Gasteiger partial charge is 0.282 e. The number of hydrogen-bond acceptors (Lipinski definition) is 5. The van der Waals surface area contributed by atoms with Gasteiger partial charge < -0.3 is 9.64 Å². The number of benzene rings is 1. The van der Waals surface area contributed by atoms with Crippen molar-refractivity contribution in [2.75, 3.05) is 31.2 Å². The Kier molecular flexibility index (Phi) is 5.59. The first-order valence-electron chi connectivity index (χ1n) is 9.79. The molecule has 0 aliphatic carbocycles. The topological polar surface area (TPSA) is 49.9 Å². The summed E-state index contributed by atoms with van der Waals surface area (Å²) in [5.41, 5.74) is 2.87. The molecule has 1 saturated heterocycles. The molecular formula is C22H24N2O3S. The third-order valence-electron chi connectivity index (χ3n) is 5.17. The molecule has 0 bridgehead atoms. The Morgan fingerprint density at radius 3 is 2.43 bits per heavy atom. The lowest BCUT2D eigenvalue weighted by Crippen LogP contribution is -2.40. The molecule has 2 amide bonds. The van der Waals surface area contributed by atoms with Crippen LogP contribution in [0.2, 0.25) is 0 Å². The summed E-state index contributed by atoms with van der Waals surface area (Å²) in [6, 6.07) is 11.6. The molecular weight excluding hydrogens is 372 g/mol. The standard InChI is InChI=1S/C22H24N2O3S/c1-2-3-5-16-7-9-17(10-8-16)24-21(25)19(18-6-4-15-28-18)20(22(24)26)23-11-13-27-14-12-23/h4,6-10,15H,2-3,5,11-14H2,1H3. The molecule has 1 aromatic carbocycles. The molecule has 2 aliphatic heterocycles. The van der Waals surface area contributed by atoms with Gasteiger partial charge in [0.25, 0.3) is 11.8 Å². The molecule has 28 heavy (non-hydrogen) atoms. The first-order chi connectivity index (χ1) is 13.7. The van der Waals surface area contributed by atoms with Crippen molar-refractivity contribution in [3.8, 4) is 0 Å². The van der Waals surface area contributed by atoms with E-state index in [4.69, 9.17) is 4.74 Å². The van der Waals surface area contributed by atoms with Gasteiger partial charge in [-0.3, -0.25) is 9.59 Å². The summed E-state index contributed by atoms with van der Waals surface area (Å²) >= 11 is 1.49. The van der Waals surface area contributed by atoms with Gasteiger partial charge in [0.05, 0.1) is 24.5 Å². The van der Waals surface area contributed by atoms with Crippen molar-refractivity contribution in [1.29, 1.82) is 0 Å². The van der Waals surface area contributed by atoms with Crippen molar-refractivity contribution < 1.29 is 14.3 Å². The lowest BCUT2D eigenvalue weighted by molar-refractivity contribution is -0.121. The number of carbonyl (C=O) groups is 2. The largest absolute Gasteiger partial charge is 0.378 e. The van der Waals surface area contributed by atoms with Crippen molar-refractivity contribution in [2.24, 2.45) is 0 Å². The zero-order chi connectivity index (χ0) is 19.5. The van der Waals surface area contributed by atoms with Crippen molar-refractivity contribution in [1.82, 2.24) is 4.90 Å². The maximum atomic E-state index is 13.3. The third kappa shape index (κ3) is 3.50.